The quantitative estimate of drug-likeness (QED) is 0.590. The number of nitrogens with one attached hydrogen (secondary N) is 1. The zero-order chi connectivity index (χ0) is 26.8. The molecule has 4 rings (SSSR count). The summed E-state index contributed by atoms with van der Waals surface area (Å²) in [6, 6.07) is 13.8. The van der Waals surface area contributed by atoms with Gasteiger partial charge in [-0.15, -0.1) is 0 Å². The molecule has 37 heavy (non-hydrogen) atoms. The summed E-state index contributed by atoms with van der Waals surface area (Å²) < 4.78 is 43.4. The number of alkyl carbamates (subject to hydrolysis) is 1. The Morgan fingerprint density at radius 2 is 1.78 bits per heavy atom. The summed E-state index contributed by atoms with van der Waals surface area (Å²) in [5, 5.41) is 2.78. The second-order valence-electron chi connectivity index (χ2n) is 10.2. The van der Waals surface area contributed by atoms with Crippen molar-refractivity contribution < 1.29 is 27.1 Å². The molecule has 2 saturated heterocycles. The predicted molar refractivity (Wildman–Crippen MR) is 142 cm³/mol. The van der Waals surface area contributed by atoms with Crippen molar-refractivity contribution in [3.8, 4) is 0 Å². The highest BCUT2D eigenvalue weighted by Gasteiger charge is 2.49. The lowest BCUT2D eigenvalue weighted by molar-refractivity contribution is -0.119. The van der Waals surface area contributed by atoms with Crippen LogP contribution in [0.15, 0.2) is 59.6 Å². The molecule has 2 amide bonds. The summed E-state index contributed by atoms with van der Waals surface area (Å²) in [7, 11) is -3.22. The molecule has 2 aliphatic heterocycles. The first-order chi connectivity index (χ1) is 17.4. The first-order valence-electron chi connectivity index (χ1n) is 11.9. The van der Waals surface area contributed by atoms with Crippen LogP contribution in [0.4, 0.5) is 9.18 Å². The molecule has 11 heteroatoms. The Labute approximate surface area is 220 Å². The van der Waals surface area contributed by atoms with Crippen LogP contribution < -0.4 is 5.32 Å². The minimum absolute atomic E-state index is 0.000928. The van der Waals surface area contributed by atoms with Gasteiger partial charge in [-0.05, 0) is 44.0 Å². The number of sulfone groups is 1. The van der Waals surface area contributed by atoms with Gasteiger partial charge >= 0.3 is 6.09 Å². The highest BCUT2D eigenvalue weighted by molar-refractivity contribution is 8.15. The Bertz CT molecular complexity index is 1280. The van der Waals surface area contributed by atoms with Gasteiger partial charge in [0.1, 0.15) is 17.5 Å². The van der Waals surface area contributed by atoms with Crippen molar-refractivity contribution in [1.29, 1.82) is 0 Å². The standard InChI is InChI=1S/C26H30FN3O5S2/c1-26(2,3)35-25(32)28-20(13-17-7-5-4-6-8-17)23(31)29-24-30(14-18-9-11-19(27)12-10-18)21-15-37(33,34)16-22(21)36-24/h4-12,20-22H,13-16H2,1-3H3,(H,28,32)/t20-,21-,22-/m0/s1. The van der Waals surface area contributed by atoms with E-state index in [1.165, 1.54) is 23.9 Å². The highest BCUT2D eigenvalue weighted by Crippen LogP contribution is 2.39. The molecular formula is C26H30FN3O5S2. The fraction of sp³-hybridized carbons (Fsp3) is 0.423. The summed E-state index contributed by atoms with van der Waals surface area (Å²) in [5.41, 5.74) is 0.856. The van der Waals surface area contributed by atoms with Gasteiger partial charge in [0.25, 0.3) is 5.91 Å². The van der Waals surface area contributed by atoms with Crippen LogP contribution in [0.1, 0.15) is 31.9 Å². The summed E-state index contributed by atoms with van der Waals surface area (Å²) in [5.74, 6) is -0.979. The van der Waals surface area contributed by atoms with Gasteiger partial charge in [-0.3, -0.25) is 4.79 Å². The largest absolute Gasteiger partial charge is 0.444 e. The van der Waals surface area contributed by atoms with E-state index in [1.807, 2.05) is 30.3 Å². The minimum Gasteiger partial charge on any atom is -0.444 e. The second-order valence-corrected chi connectivity index (χ2v) is 13.5. The third-order valence-electron chi connectivity index (χ3n) is 5.92. The second kappa shape index (κ2) is 10.8. The maximum Gasteiger partial charge on any atom is 0.408 e. The van der Waals surface area contributed by atoms with Crippen molar-refractivity contribution in [3.05, 3.63) is 71.5 Å². The number of carbonyl (C=O) groups excluding carboxylic acids is 2. The lowest BCUT2D eigenvalue weighted by atomic mass is 10.1. The number of carbonyl (C=O) groups is 2. The van der Waals surface area contributed by atoms with E-state index >= 15 is 0 Å². The Hall–Kier alpha value is -2.92. The van der Waals surface area contributed by atoms with Crippen molar-refractivity contribution in [2.45, 2.75) is 56.7 Å². The molecule has 0 aliphatic carbocycles. The van der Waals surface area contributed by atoms with Gasteiger partial charge < -0.3 is 15.0 Å². The SMILES string of the molecule is CC(C)(C)OC(=O)N[C@@H](Cc1ccccc1)C(=O)N=C1S[C@H]2CS(=O)(=O)C[C@@H]2N1Cc1ccc(F)cc1. The number of amides is 2. The molecule has 2 heterocycles. The molecule has 2 aromatic carbocycles. The van der Waals surface area contributed by atoms with E-state index < -0.39 is 33.5 Å². The van der Waals surface area contributed by atoms with Crippen LogP contribution in [-0.4, -0.2) is 64.9 Å². The average Bonchev–Trinajstić information content (AvgIpc) is 3.25. The zero-order valence-electron chi connectivity index (χ0n) is 20.9. The van der Waals surface area contributed by atoms with Gasteiger partial charge in [0.05, 0.1) is 17.5 Å². The van der Waals surface area contributed by atoms with E-state index in [4.69, 9.17) is 4.74 Å². The van der Waals surface area contributed by atoms with Crippen molar-refractivity contribution in [2.75, 3.05) is 11.5 Å². The number of nitrogens with zero attached hydrogens (tertiary/aromatic N) is 2. The summed E-state index contributed by atoms with van der Waals surface area (Å²) in [4.78, 5) is 32.1. The van der Waals surface area contributed by atoms with E-state index in [0.29, 0.717) is 5.17 Å². The average molecular weight is 548 g/mol. The Balaban J connectivity index is 1.60. The first kappa shape index (κ1) is 27.1. The van der Waals surface area contributed by atoms with Crippen LogP contribution >= 0.6 is 11.8 Å². The zero-order valence-corrected chi connectivity index (χ0v) is 22.5. The molecule has 8 nitrogen and oxygen atoms in total. The smallest absolute Gasteiger partial charge is 0.408 e. The molecule has 0 bridgehead atoms. The maximum atomic E-state index is 13.4. The minimum atomic E-state index is -3.22. The van der Waals surface area contributed by atoms with Gasteiger partial charge in [-0.2, -0.15) is 4.99 Å². The first-order valence-corrected chi connectivity index (χ1v) is 14.6. The van der Waals surface area contributed by atoms with Crippen LogP contribution in [0.25, 0.3) is 0 Å². The molecule has 0 spiro atoms. The van der Waals surface area contributed by atoms with Crippen molar-refractivity contribution in [2.24, 2.45) is 4.99 Å². The van der Waals surface area contributed by atoms with Gasteiger partial charge in [0, 0.05) is 18.2 Å². The number of aliphatic imine (C=N–C) groups is 1. The molecule has 1 N–H and O–H groups in total. The van der Waals surface area contributed by atoms with Gasteiger partial charge in [0.2, 0.25) is 0 Å². The molecule has 2 fully saturated rings. The highest BCUT2D eigenvalue weighted by atomic mass is 32.2. The summed E-state index contributed by atoms with van der Waals surface area (Å²) in [6.07, 6.45) is -0.522. The summed E-state index contributed by atoms with van der Waals surface area (Å²) in [6.45, 7) is 5.47. The van der Waals surface area contributed by atoms with Crippen LogP contribution in [-0.2, 0) is 32.3 Å². The number of rotatable bonds is 6. The van der Waals surface area contributed by atoms with E-state index in [-0.39, 0.29) is 41.6 Å². The van der Waals surface area contributed by atoms with E-state index in [1.54, 1.807) is 37.8 Å². The molecule has 0 unspecified atom stereocenters. The number of thioether (sulfide) groups is 1. The number of benzene rings is 2. The molecule has 3 atom stereocenters. The summed E-state index contributed by atoms with van der Waals surface area (Å²) >= 11 is 1.25. The third kappa shape index (κ3) is 7.32. The van der Waals surface area contributed by atoms with Crippen LogP contribution in [0.5, 0.6) is 0 Å². The molecule has 0 radical (unpaired) electrons. The molecule has 2 aliphatic rings. The lowest BCUT2D eigenvalue weighted by Crippen LogP contribution is -2.45. The normalized spacial score (nSPS) is 22.5. The van der Waals surface area contributed by atoms with Crippen LogP contribution in [0.3, 0.4) is 0 Å². The number of hydrogen-bond acceptors (Lipinski definition) is 6. The molecule has 198 valence electrons. The number of hydrogen-bond donors (Lipinski definition) is 1. The topological polar surface area (TPSA) is 105 Å². The maximum absolute atomic E-state index is 13.4. The fourth-order valence-electron chi connectivity index (χ4n) is 4.28. The van der Waals surface area contributed by atoms with Crippen molar-refractivity contribution in [1.82, 2.24) is 10.2 Å². The Kier molecular flexibility index (Phi) is 7.94. The van der Waals surface area contributed by atoms with Gasteiger partial charge in [-0.1, -0.05) is 54.2 Å². The Morgan fingerprint density at radius 1 is 1.11 bits per heavy atom. The van der Waals surface area contributed by atoms with E-state index in [9.17, 15) is 22.4 Å². The van der Waals surface area contributed by atoms with Gasteiger partial charge in [-0.25, -0.2) is 17.6 Å². The number of ether oxygens (including phenoxy) is 1. The van der Waals surface area contributed by atoms with E-state index in [2.05, 4.69) is 10.3 Å². The molecular weight excluding hydrogens is 517 g/mol. The van der Waals surface area contributed by atoms with Crippen molar-refractivity contribution in [3.63, 3.8) is 0 Å². The fourth-order valence-corrected chi connectivity index (χ4v) is 8.24. The van der Waals surface area contributed by atoms with Crippen LogP contribution in [0, 0.1) is 5.82 Å². The Morgan fingerprint density at radius 3 is 2.43 bits per heavy atom. The number of halogens is 1. The molecule has 2 aromatic rings. The number of fused-ring (bicyclic) bond motifs is 1. The van der Waals surface area contributed by atoms with Crippen molar-refractivity contribution >= 4 is 38.8 Å². The molecule has 0 saturated carbocycles. The van der Waals surface area contributed by atoms with E-state index in [0.717, 1.165) is 11.1 Å². The lowest BCUT2D eigenvalue weighted by Gasteiger charge is -2.25. The predicted octanol–water partition coefficient (Wildman–Crippen LogP) is 3.56. The molecule has 0 aromatic heterocycles. The van der Waals surface area contributed by atoms with Crippen LogP contribution in [0.2, 0.25) is 0 Å². The third-order valence-corrected chi connectivity index (χ3v) is 9.17. The monoisotopic (exact) mass is 547 g/mol. The van der Waals surface area contributed by atoms with Gasteiger partial charge in [0.15, 0.2) is 15.0 Å². The number of amidine groups is 1.